The number of nitrogens with zero attached hydrogens (tertiary/aromatic N) is 1. The van der Waals surface area contributed by atoms with Crippen LogP contribution < -0.4 is 0 Å². The fourth-order valence-corrected chi connectivity index (χ4v) is 5.03. The topological polar surface area (TPSA) is 37.4 Å². The minimum atomic E-state index is -3.44. The Balaban J connectivity index is 2.03. The lowest BCUT2D eigenvalue weighted by Gasteiger charge is -2.30. The van der Waals surface area contributed by atoms with Crippen LogP contribution in [-0.4, -0.2) is 24.8 Å². The SMILES string of the molecule is Cc1ccc(S(=O)(=O)N2C3C=CCC2CC3)cc1Cl. The highest BCUT2D eigenvalue weighted by molar-refractivity contribution is 7.89. The lowest BCUT2D eigenvalue weighted by atomic mass is 10.2. The molecule has 2 aliphatic heterocycles. The summed E-state index contributed by atoms with van der Waals surface area (Å²) < 4.78 is 27.2. The number of aryl methyl sites for hydroxylation is 1. The van der Waals surface area contributed by atoms with Gasteiger partial charge in [0.05, 0.1) is 4.90 Å². The Morgan fingerprint density at radius 2 is 2.11 bits per heavy atom. The van der Waals surface area contributed by atoms with Gasteiger partial charge in [-0.15, -0.1) is 0 Å². The smallest absolute Gasteiger partial charge is 0.207 e. The lowest BCUT2D eigenvalue weighted by Crippen LogP contribution is -2.41. The zero-order chi connectivity index (χ0) is 13.6. The second-order valence-corrected chi connectivity index (χ2v) is 7.46. The van der Waals surface area contributed by atoms with E-state index in [1.165, 1.54) is 0 Å². The molecule has 1 aromatic carbocycles. The molecule has 0 N–H and O–H groups in total. The van der Waals surface area contributed by atoms with Gasteiger partial charge in [0.2, 0.25) is 10.0 Å². The van der Waals surface area contributed by atoms with Gasteiger partial charge in [0.25, 0.3) is 0 Å². The third-order valence-electron chi connectivity index (χ3n) is 3.97. The third kappa shape index (κ3) is 2.12. The standard InChI is InChI=1S/C14H16ClNO2S/c1-10-5-8-13(9-14(10)15)19(17,18)16-11-3-2-4-12(16)7-6-11/h2-3,5,8-9,11-12H,4,6-7H2,1H3. The fraction of sp³-hybridized carbons (Fsp3) is 0.429. The van der Waals surface area contributed by atoms with Gasteiger partial charge in [0.15, 0.2) is 0 Å². The van der Waals surface area contributed by atoms with Crippen molar-refractivity contribution < 1.29 is 8.42 Å². The summed E-state index contributed by atoms with van der Waals surface area (Å²) in [6.45, 7) is 1.87. The monoisotopic (exact) mass is 297 g/mol. The van der Waals surface area contributed by atoms with E-state index in [2.05, 4.69) is 6.08 Å². The third-order valence-corrected chi connectivity index (χ3v) is 6.35. The molecule has 5 heteroatoms. The van der Waals surface area contributed by atoms with Crippen molar-refractivity contribution >= 4 is 21.6 Å². The number of hydrogen-bond acceptors (Lipinski definition) is 2. The Labute approximate surface area is 118 Å². The molecule has 102 valence electrons. The van der Waals surface area contributed by atoms with Gasteiger partial charge in [-0.3, -0.25) is 0 Å². The van der Waals surface area contributed by atoms with Crippen molar-refractivity contribution in [3.8, 4) is 0 Å². The van der Waals surface area contributed by atoms with E-state index in [9.17, 15) is 8.42 Å². The van der Waals surface area contributed by atoms with Crippen LogP contribution in [0.25, 0.3) is 0 Å². The highest BCUT2D eigenvalue weighted by Gasteiger charge is 2.42. The van der Waals surface area contributed by atoms with E-state index in [4.69, 9.17) is 11.6 Å². The van der Waals surface area contributed by atoms with Crippen molar-refractivity contribution in [2.45, 2.75) is 43.2 Å². The molecule has 2 aliphatic rings. The normalized spacial score (nSPS) is 26.8. The van der Waals surface area contributed by atoms with E-state index < -0.39 is 10.0 Å². The molecule has 0 radical (unpaired) electrons. The van der Waals surface area contributed by atoms with Crippen LogP contribution in [0.1, 0.15) is 24.8 Å². The Bertz CT molecular complexity index is 639. The van der Waals surface area contributed by atoms with Crippen LogP contribution >= 0.6 is 11.6 Å². The first-order valence-electron chi connectivity index (χ1n) is 6.46. The predicted octanol–water partition coefficient (Wildman–Crippen LogP) is 3.13. The number of rotatable bonds is 2. The number of hydrogen-bond donors (Lipinski definition) is 0. The van der Waals surface area contributed by atoms with Crippen LogP contribution in [0.15, 0.2) is 35.2 Å². The molecule has 2 bridgehead atoms. The van der Waals surface area contributed by atoms with E-state index >= 15 is 0 Å². The van der Waals surface area contributed by atoms with Crippen molar-refractivity contribution in [1.82, 2.24) is 4.31 Å². The van der Waals surface area contributed by atoms with Gasteiger partial charge < -0.3 is 0 Å². The van der Waals surface area contributed by atoms with Gasteiger partial charge in [-0.05, 0) is 43.9 Å². The average Bonchev–Trinajstić information content (AvgIpc) is 2.64. The number of sulfonamides is 1. The molecule has 0 amide bonds. The van der Waals surface area contributed by atoms with Crippen LogP contribution in [0.3, 0.4) is 0 Å². The van der Waals surface area contributed by atoms with Crippen LogP contribution in [0, 0.1) is 6.92 Å². The Morgan fingerprint density at radius 1 is 1.32 bits per heavy atom. The first-order chi connectivity index (χ1) is 9.00. The summed E-state index contributed by atoms with van der Waals surface area (Å²) in [5.41, 5.74) is 0.891. The summed E-state index contributed by atoms with van der Waals surface area (Å²) in [5.74, 6) is 0. The molecule has 2 unspecified atom stereocenters. The van der Waals surface area contributed by atoms with E-state index in [1.807, 2.05) is 13.0 Å². The van der Waals surface area contributed by atoms with Crippen molar-refractivity contribution in [3.63, 3.8) is 0 Å². The minimum absolute atomic E-state index is 0.0174. The Hall–Kier alpha value is -0.840. The molecule has 3 nitrogen and oxygen atoms in total. The summed E-state index contributed by atoms with van der Waals surface area (Å²) in [4.78, 5) is 0.301. The van der Waals surface area contributed by atoms with E-state index in [-0.39, 0.29) is 12.1 Å². The molecular weight excluding hydrogens is 282 g/mol. The summed E-state index contributed by atoms with van der Waals surface area (Å²) >= 11 is 6.05. The van der Waals surface area contributed by atoms with Crippen molar-refractivity contribution in [1.29, 1.82) is 0 Å². The number of halogens is 1. The fourth-order valence-electron chi connectivity index (χ4n) is 2.91. The maximum absolute atomic E-state index is 12.7. The Morgan fingerprint density at radius 3 is 2.79 bits per heavy atom. The second kappa shape index (κ2) is 4.62. The van der Waals surface area contributed by atoms with Gasteiger partial charge in [-0.1, -0.05) is 29.8 Å². The van der Waals surface area contributed by atoms with Crippen LogP contribution in [0.2, 0.25) is 5.02 Å². The first-order valence-corrected chi connectivity index (χ1v) is 8.28. The molecule has 0 aliphatic carbocycles. The van der Waals surface area contributed by atoms with Gasteiger partial charge in [-0.2, -0.15) is 4.31 Å². The maximum atomic E-state index is 12.7. The lowest BCUT2D eigenvalue weighted by molar-refractivity contribution is 0.341. The van der Waals surface area contributed by atoms with Gasteiger partial charge in [0.1, 0.15) is 0 Å². The van der Waals surface area contributed by atoms with Crippen LogP contribution in [0.4, 0.5) is 0 Å². The quantitative estimate of drug-likeness (QED) is 0.787. The van der Waals surface area contributed by atoms with Crippen LogP contribution in [-0.2, 0) is 10.0 Å². The molecule has 0 saturated carbocycles. The molecule has 0 aromatic heterocycles. The summed E-state index contributed by atoms with van der Waals surface area (Å²) in [5, 5.41) is 0.501. The minimum Gasteiger partial charge on any atom is -0.207 e. The maximum Gasteiger partial charge on any atom is 0.243 e. The van der Waals surface area contributed by atoms with Gasteiger partial charge in [-0.25, -0.2) is 8.42 Å². The summed E-state index contributed by atoms with van der Waals surface area (Å²) in [6.07, 6.45) is 6.78. The molecule has 1 fully saturated rings. The van der Waals surface area contributed by atoms with E-state index in [0.717, 1.165) is 24.8 Å². The zero-order valence-electron chi connectivity index (χ0n) is 10.7. The van der Waals surface area contributed by atoms with E-state index in [1.54, 1.807) is 22.5 Å². The van der Waals surface area contributed by atoms with Crippen molar-refractivity contribution in [2.24, 2.45) is 0 Å². The second-order valence-electron chi connectivity index (χ2n) is 5.21. The molecule has 2 heterocycles. The summed E-state index contributed by atoms with van der Waals surface area (Å²) in [7, 11) is -3.44. The van der Waals surface area contributed by atoms with E-state index in [0.29, 0.717) is 9.92 Å². The molecule has 1 saturated heterocycles. The van der Waals surface area contributed by atoms with Gasteiger partial charge in [0, 0.05) is 17.1 Å². The molecule has 0 spiro atoms. The summed E-state index contributed by atoms with van der Waals surface area (Å²) in [6, 6.07) is 5.10. The molecule has 19 heavy (non-hydrogen) atoms. The first kappa shape index (κ1) is 13.2. The molecular formula is C14H16ClNO2S. The predicted molar refractivity (Wildman–Crippen MR) is 75.8 cm³/mol. The molecule has 1 aromatic rings. The molecule has 2 atom stereocenters. The van der Waals surface area contributed by atoms with Gasteiger partial charge >= 0.3 is 0 Å². The average molecular weight is 298 g/mol. The largest absolute Gasteiger partial charge is 0.243 e. The number of fused-ring (bicyclic) bond motifs is 2. The van der Waals surface area contributed by atoms with Crippen molar-refractivity contribution in [3.05, 3.63) is 40.9 Å². The van der Waals surface area contributed by atoms with Crippen molar-refractivity contribution in [2.75, 3.05) is 0 Å². The Kier molecular flexibility index (Phi) is 3.20. The highest BCUT2D eigenvalue weighted by atomic mass is 35.5. The number of benzene rings is 1. The van der Waals surface area contributed by atoms with Crippen LogP contribution in [0.5, 0.6) is 0 Å². The zero-order valence-corrected chi connectivity index (χ0v) is 12.3. The molecule has 3 rings (SSSR count). The highest BCUT2D eigenvalue weighted by Crippen LogP contribution is 2.37.